The van der Waals surface area contributed by atoms with Crippen LogP contribution < -0.4 is 10.5 Å². The van der Waals surface area contributed by atoms with Gasteiger partial charge in [0.2, 0.25) is 0 Å². The van der Waals surface area contributed by atoms with Crippen LogP contribution in [0.15, 0.2) is 36.4 Å². The van der Waals surface area contributed by atoms with Crippen molar-refractivity contribution < 1.29 is 4.74 Å². The summed E-state index contributed by atoms with van der Waals surface area (Å²) >= 11 is 0. The first-order chi connectivity index (χ1) is 6.86. The van der Waals surface area contributed by atoms with E-state index >= 15 is 0 Å². The Morgan fingerprint density at radius 1 is 1.43 bits per heavy atom. The molecule has 1 rings (SSSR count). The van der Waals surface area contributed by atoms with E-state index in [1.54, 1.807) is 0 Å². The van der Waals surface area contributed by atoms with Crippen LogP contribution in [0.25, 0.3) is 0 Å². The molecule has 0 aromatic heterocycles. The molecule has 0 radical (unpaired) electrons. The van der Waals surface area contributed by atoms with Crippen molar-refractivity contribution in [3.8, 4) is 5.75 Å². The summed E-state index contributed by atoms with van der Waals surface area (Å²) in [6.45, 7) is 3.29. The Morgan fingerprint density at radius 3 is 3.00 bits per heavy atom. The summed E-state index contributed by atoms with van der Waals surface area (Å²) in [7, 11) is 0. The second kappa shape index (κ2) is 6.22. The van der Waals surface area contributed by atoms with Crippen LogP contribution in [0.4, 0.5) is 0 Å². The van der Waals surface area contributed by atoms with E-state index in [4.69, 9.17) is 10.5 Å². The SMILES string of the molecule is CC=CCOc1cccc(CCN)c1. The van der Waals surface area contributed by atoms with Crippen LogP contribution in [0.5, 0.6) is 5.75 Å². The molecule has 0 saturated carbocycles. The Bertz CT molecular complexity index is 294. The highest BCUT2D eigenvalue weighted by Crippen LogP contribution is 2.13. The van der Waals surface area contributed by atoms with Crippen LogP contribution in [0.2, 0.25) is 0 Å². The van der Waals surface area contributed by atoms with E-state index in [0.717, 1.165) is 12.2 Å². The lowest BCUT2D eigenvalue weighted by atomic mass is 10.1. The second-order valence-corrected chi connectivity index (χ2v) is 3.07. The van der Waals surface area contributed by atoms with Crippen molar-refractivity contribution in [2.24, 2.45) is 5.73 Å². The number of ether oxygens (including phenoxy) is 1. The molecule has 0 heterocycles. The first kappa shape index (κ1) is 10.8. The molecule has 2 N–H and O–H groups in total. The number of hydrogen-bond donors (Lipinski definition) is 1. The third-order valence-electron chi connectivity index (χ3n) is 1.91. The quantitative estimate of drug-likeness (QED) is 0.724. The van der Waals surface area contributed by atoms with Crippen molar-refractivity contribution in [3.63, 3.8) is 0 Å². The summed E-state index contributed by atoms with van der Waals surface area (Å²) in [5.41, 5.74) is 6.71. The van der Waals surface area contributed by atoms with Crippen molar-refractivity contribution in [2.75, 3.05) is 13.2 Å². The van der Waals surface area contributed by atoms with Gasteiger partial charge in [0.1, 0.15) is 12.4 Å². The molecule has 0 atom stereocenters. The molecule has 0 amide bonds. The summed E-state index contributed by atoms with van der Waals surface area (Å²) < 4.78 is 5.51. The fourth-order valence-corrected chi connectivity index (χ4v) is 1.20. The normalized spacial score (nSPS) is 10.7. The Balaban J connectivity index is 2.54. The fourth-order valence-electron chi connectivity index (χ4n) is 1.20. The molecule has 1 aromatic carbocycles. The number of hydrogen-bond acceptors (Lipinski definition) is 2. The Kier molecular flexibility index (Phi) is 4.79. The van der Waals surface area contributed by atoms with E-state index in [2.05, 4.69) is 6.07 Å². The van der Waals surface area contributed by atoms with E-state index in [9.17, 15) is 0 Å². The summed E-state index contributed by atoms with van der Waals surface area (Å²) in [5.74, 6) is 0.911. The third kappa shape index (κ3) is 3.62. The molecule has 0 fully saturated rings. The maximum absolute atomic E-state index is 5.51. The minimum atomic E-state index is 0.628. The van der Waals surface area contributed by atoms with Crippen LogP contribution in [0.3, 0.4) is 0 Å². The van der Waals surface area contributed by atoms with Gasteiger partial charge in [-0.2, -0.15) is 0 Å². The van der Waals surface area contributed by atoms with Gasteiger partial charge < -0.3 is 10.5 Å². The maximum Gasteiger partial charge on any atom is 0.120 e. The molecule has 76 valence electrons. The molecule has 0 unspecified atom stereocenters. The highest BCUT2D eigenvalue weighted by atomic mass is 16.5. The van der Waals surface area contributed by atoms with Gasteiger partial charge in [-0.05, 0) is 37.6 Å². The smallest absolute Gasteiger partial charge is 0.120 e. The number of rotatable bonds is 5. The van der Waals surface area contributed by atoms with E-state index < -0.39 is 0 Å². The first-order valence-corrected chi connectivity index (χ1v) is 4.89. The zero-order valence-corrected chi connectivity index (χ0v) is 8.57. The highest BCUT2D eigenvalue weighted by Gasteiger charge is 1.94. The molecule has 0 aliphatic rings. The summed E-state index contributed by atoms with van der Waals surface area (Å²) in [4.78, 5) is 0. The largest absolute Gasteiger partial charge is 0.490 e. The van der Waals surface area contributed by atoms with Crippen molar-refractivity contribution in [1.29, 1.82) is 0 Å². The van der Waals surface area contributed by atoms with Gasteiger partial charge in [-0.3, -0.25) is 0 Å². The third-order valence-corrected chi connectivity index (χ3v) is 1.91. The van der Waals surface area contributed by atoms with Gasteiger partial charge in [0.15, 0.2) is 0 Å². The van der Waals surface area contributed by atoms with Gasteiger partial charge in [0.25, 0.3) is 0 Å². The van der Waals surface area contributed by atoms with Crippen LogP contribution in [-0.4, -0.2) is 13.2 Å². The van der Waals surface area contributed by atoms with Crippen molar-refractivity contribution in [3.05, 3.63) is 42.0 Å². The fraction of sp³-hybridized carbons (Fsp3) is 0.333. The van der Waals surface area contributed by atoms with E-state index in [1.165, 1.54) is 5.56 Å². The van der Waals surface area contributed by atoms with Crippen LogP contribution in [0.1, 0.15) is 12.5 Å². The first-order valence-electron chi connectivity index (χ1n) is 4.89. The number of allylic oxidation sites excluding steroid dienone is 1. The standard InChI is InChI=1S/C12H17NO/c1-2-3-9-14-12-6-4-5-11(10-12)7-8-13/h2-6,10H,7-9,13H2,1H3. The molecule has 0 saturated heterocycles. The van der Waals surface area contributed by atoms with E-state index in [-0.39, 0.29) is 0 Å². The number of nitrogens with two attached hydrogens (primary N) is 1. The topological polar surface area (TPSA) is 35.2 Å². The molecule has 0 bridgehead atoms. The van der Waals surface area contributed by atoms with Crippen LogP contribution in [-0.2, 0) is 6.42 Å². The molecule has 14 heavy (non-hydrogen) atoms. The van der Waals surface area contributed by atoms with Crippen LogP contribution in [0, 0.1) is 0 Å². The van der Waals surface area contributed by atoms with Crippen molar-refractivity contribution >= 4 is 0 Å². The van der Waals surface area contributed by atoms with Crippen molar-refractivity contribution in [2.45, 2.75) is 13.3 Å². The van der Waals surface area contributed by atoms with Gasteiger partial charge >= 0.3 is 0 Å². The monoisotopic (exact) mass is 191 g/mol. The molecule has 1 aromatic rings. The number of benzene rings is 1. The lowest BCUT2D eigenvalue weighted by Gasteiger charge is -2.05. The molecular formula is C12H17NO. The summed E-state index contributed by atoms with van der Waals surface area (Å²) in [6.07, 6.45) is 4.86. The molecule has 2 nitrogen and oxygen atoms in total. The molecule has 0 spiro atoms. The Morgan fingerprint density at radius 2 is 2.29 bits per heavy atom. The van der Waals surface area contributed by atoms with Gasteiger partial charge in [-0.25, -0.2) is 0 Å². The highest BCUT2D eigenvalue weighted by molar-refractivity contribution is 5.28. The zero-order chi connectivity index (χ0) is 10.2. The molecule has 0 aliphatic heterocycles. The zero-order valence-electron chi connectivity index (χ0n) is 8.57. The molecule has 0 aliphatic carbocycles. The summed E-state index contributed by atoms with van der Waals surface area (Å²) in [5, 5.41) is 0. The van der Waals surface area contributed by atoms with Gasteiger partial charge in [-0.15, -0.1) is 0 Å². The Labute approximate surface area is 85.4 Å². The van der Waals surface area contributed by atoms with Gasteiger partial charge in [-0.1, -0.05) is 24.3 Å². The van der Waals surface area contributed by atoms with Crippen LogP contribution >= 0.6 is 0 Å². The molecule has 2 heteroatoms. The lowest BCUT2D eigenvalue weighted by Crippen LogP contribution is -2.02. The average molecular weight is 191 g/mol. The lowest BCUT2D eigenvalue weighted by molar-refractivity contribution is 0.362. The minimum Gasteiger partial charge on any atom is -0.490 e. The van der Waals surface area contributed by atoms with Crippen molar-refractivity contribution in [1.82, 2.24) is 0 Å². The Hall–Kier alpha value is -1.28. The maximum atomic E-state index is 5.51. The van der Waals surface area contributed by atoms with Gasteiger partial charge in [0.05, 0.1) is 0 Å². The average Bonchev–Trinajstić information content (AvgIpc) is 2.19. The van der Waals surface area contributed by atoms with E-state index in [1.807, 2.05) is 37.3 Å². The predicted octanol–water partition coefficient (Wildman–Crippen LogP) is 2.14. The molecular weight excluding hydrogens is 174 g/mol. The van der Waals surface area contributed by atoms with Gasteiger partial charge in [0, 0.05) is 0 Å². The van der Waals surface area contributed by atoms with E-state index in [0.29, 0.717) is 13.2 Å². The second-order valence-electron chi connectivity index (χ2n) is 3.07. The predicted molar refractivity (Wildman–Crippen MR) is 59.5 cm³/mol. The summed E-state index contributed by atoms with van der Waals surface area (Å²) in [6, 6.07) is 8.06. The minimum absolute atomic E-state index is 0.628.